The Labute approximate surface area is 568 Å². The third-order valence-electron chi connectivity index (χ3n) is 17.2. The molecule has 0 heterocycles. The van der Waals surface area contributed by atoms with Crippen molar-refractivity contribution in [3.63, 3.8) is 0 Å². The number of rotatable bonds is 73. The van der Waals surface area contributed by atoms with Gasteiger partial charge in [-0.15, -0.1) is 0 Å². The van der Waals surface area contributed by atoms with Gasteiger partial charge in [-0.05, 0) is 37.5 Å². The lowest BCUT2D eigenvalue weighted by Crippen LogP contribution is -2.30. The third-order valence-corrected chi connectivity index (χ3v) is 19.1. The van der Waals surface area contributed by atoms with Crippen molar-refractivity contribution in [2.24, 2.45) is 11.8 Å². The Morgan fingerprint density at radius 3 is 0.731 bits per heavy atom. The summed E-state index contributed by atoms with van der Waals surface area (Å²) >= 11 is 0. The van der Waals surface area contributed by atoms with Crippen LogP contribution in [0.4, 0.5) is 0 Å². The maximum absolute atomic E-state index is 13.1. The van der Waals surface area contributed by atoms with Gasteiger partial charge in [0.05, 0.1) is 26.4 Å². The molecule has 0 aromatic carbocycles. The highest BCUT2D eigenvalue weighted by Gasteiger charge is 2.30. The van der Waals surface area contributed by atoms with Crippen LogP contribution in [-0.2, 0) is 65.4 Å². The Balaban J connectivity index is 5.16. The smallest absolute Gasteiger partial charge is 0.462 e. The van der Waals surface area contributed by atoms with E-state index in [0.29, 0.717) is 25.7 Å². The highest BCUT2D eigenvalue weighted by molar-refractivity contribution is 7.47. The van der Waals surface area contributed by atoms with Crippen LogP contribution in [0.3, 0.4) is 0 Å². The molecule has 19 heteroatoms. The predicted molar refractivity (Wildman–Crippen MR) is 377 cm³/mol. The summed E-state index contributed by atoms with van der Waals surface area (Å²) in [6, 6.07) is 0. The lowest BCUT2D eigenvalue weighted by molar-refractivity contribution is -0.161. The fraction of sp³-hybridized carbons (Fsp3) is 0.946. The summed E-state index contributed by atoms with van der Waals surface area (Å²) < 4.78 is 68.3. The van der Waals surface area contributed by atoms with E-state index >= 15 is 0 Å². The summed E-state index contributed by atoms with van der Waals surface area (Å²) in [5.41, 5.74) is 0. The lowest BCUT2D eigenvalue weighted by Gasteiger charge is -2.21. The Morgan fingerprint density at radius 2 is 0.495 bits per heavy atom. The minimum Gasteiger partial charge on any atom is -0.462 e. The van der Waals surface area contributed by atoms with Crippen molar-refractivity contribution in [1.82, 2.24) is 0 Å². The predicted octanol–water partition coefficient (Wildman–Crippen LogP) is 21.6. The maximum Gasteiger partial charge on any atom is 0.472 e. The number of esters is 4. The molecule has 3 N–H and O–H groups in total. The number of unbranched alkanes of at least 4 members (excludes halogenated alkanes) is 43. The SMILES string of the molecule is CCCCCCCCCCCCCCCCCCCCCCCC(=O)O[C@H](COC(=O)CCCCCCCCCCCC(C)C)COP(=O)(O)OC[C@@H](O)COP(=O)(O)OC[C@@H](COC(=O)CCCCCCCCCC)OC(=O)CCCCCCCCCCCC(C)C. The molecule has 552 valence electrons. The van der Waals surface area contributed by atoms with Gasteiger partial charge in [-0.3, -0.25) is 37.3 Å². The molecule has 0 aliphatic rings. The molecule has 0 fully saturated rings. The zero-order valence-electron chi connectivity index (χ0n) is 60.6. The van der Waals surface area contributed by atoms with Crippen LogP contribution >= 0.6 is 15.6 Å². The first-order chi connectivity index (χ1) is 44.9. The zero-order valence-corrected chi connectivity index (χ0v) is 62.3. The van der Waals surface area contributed by atoms with E-state index in [0.717, 1.165) is 108 Å². The average molecular weight is 1370 g/mol. The molecule has 0 spiro atoms. The largest absolute Gasteiger partial charge is 0.472 e. The number of hydrogen-bond donors (Lipinski definition) is 3. The van der Waals surface area contributed by atoms with Crippen molar-refractivity contribution in [3.8, 4) is 0 Å². The summed E-state index contributed by atoms with van der Waals surface area (Å²) in [6.45, 7) is 9.50. The van der Waals surface area contributed by atoms with Gasteiger partial charge in [-0.25, -0.2) is 9.13 Å². The first-order valence-electron chi connectivity index (χ1n) is 38.5. The van der Waals surface area contributed by atoms with Gasteiger partial charge in [0.15, 0.2) is 12.2 Å². The minimum absolute atomic E-state index is 0.105. The van der Waals surface area contributed by atoms with Crippen LogP contribution in [0, 0.1) is 11.8 Å². The number of aliphatic hydroxyl groups excluding tert-OH is 1. The van der Waals surface area contributed by atoms with Gasteiger partial charge < -0.3 is 33.8 Å². The molecule has 0 aliphatic carbocycles. The minimum atomic E-state index is -4.95. The molecule has 0 saturated heterocycles. The standard InChI is InChI=1S/C74H144O17P2/c1-7-9-11-13-15-17-18-19-20-21-22-23-24-25-26-27-28-33-40-46-52-58-73(78)90-70(63-85-72(77)57-51-45-39-34-29-31-36-42-48-54-66(3)4)65-89-93(82,83)87-61-68(75)60-86-92(80,81)88-64-69(62-84-71(76)56-50-44-38-16-14-12-10-8-2)91-74(79)59-53-47-41-35-30-32-37-43-49-55-67(5)6/h66-70,75H,7-65H2,1-6H3,(H,80,81)(H,82,83)/t68-,69+,70+/m0/s1. The number of phosphoric acid groups is 2. The molecule has 0 bridgehead atoms. The van der Waals surface area contributed by atoms with Crippen molar-refractivity contribution in [2.75, 3.05) is 39.6 Å². The van der Waals surface area contributed by atoms with Gasteiger partial charge >= 0.3 is 39.5 Å². The molecule has 0 aromatic rings. The molecule has 0 amide bonds. The van der Waals surface area contributed by atoms with Crippen molar-refractivity contribution in [3.05, 3.63) is 0 Å². The molecule has 0 saturated carbocycles. The van der Waals surface area contributed by atoms with Gasteiger partial charge in [0.2, 0.25) is 0 Å². The van der Waals surface area contributed by atoms with E-state index in [4.69, 9.17) is 37.0 Å². The fourth-order valence-corrected chi connectivity index (χ4v) is 12.9. The number of ether oxygens (including phenoxy) is 4. The molecule has 2 unspecified atom stereocenters. The Bertz CT molecular complexity index is 1800. The van der Waals surface area contributed by atoms with Crippen molar-refractivity contribution in [1.29, 1.82) is 0 Å². The average Bonchev–Trinajstić information content (AvgIpc) is 1.70. The van der Waals surface area contributed by atoms with E-state index in [1.807, 2.05) is 0 Å². The van der Waals surface area contributed by atoms with E-state index in [9.17, 15) is 43.2 Å². The molecule has 0 radical (unpaired) electrons. The highest BCUT2D eigenvalue weighted by atomic mass is 31.2. The van der Waals surface area contributed by atoms with Crippen LogP contribution < -0.4 is 0 Å². The number of phosphoric ester groups is 2. The number of aliphatic hydroxyl groups is 1. The van der Waals surface area contributed by atoms with E-state index in [1.165, 1.54) is 193 Å². The Hall–Kier alpha value is -1.94. The third kappa shape index (κ3) is 68.4. The second-order valence-corrected chi connectivity index (χ2v) is 30.5. The first kappa shape index (κ1) is 91.1. The first-order valence-corrected chi connectivity index (χ1v) is 41.5. The second kappa shape index (κ2) is 66.0. The van der Waals surface area contributed by atoms with E-state index < -0.39 is 97.5 Å². The summed E-state index contributed by atoms with van der Waals surface area (Å²) in [5.74, 6) is -0.643. The molecule has 0 aliphatic heterocycles. The van der Waals surface area contributed by atoms with Gasteiger partial charge in [0, 0.05) is 25.7 Å². The molecule has 0 rings (SSSR count). The molecule has 93 heavy (non-hydrogen) atoms. The van der Waals surface area contributed by atoms with Crippen molar-refractivity contribution >= 4 is 39.5 Å². The second-order valence-electron chi connectivity index (χ2n) is 27.6. The Morgan fingerprint density at radius 1 is 0.290 bits per heavy atom. The van der Waals surface area contributed by atoms with Gasteiger partial charge in [0.25, 0.3) is 0 Å². The Kier molecular flexibility index (Phi) is 64.6. The van der Waals surface area contributed by atoms with Crippen LogP contribution in [0.5, 0.6) is 0 Å². The number of hydrogen-bond acceptors (Lipinski definition) is 15. The summed E-state index contributed by atoms with van der Waals surface area (Å²) in [4.78, 5) is 72.6. The topological polar surface area (TPSA) is 237 Å². The van der Waals surface area contributed by atoms with E-state index in [1.54, 1.807) is 0 Å². The molecular formula is C74H144O17P2. The van der Waals surface area contributed by atoms with Crippen molar-refractivity contribution < 1.29 is 80.2 Å². The van der Waals surface area contributed by atoms with Gasteiger partial charge in [-0.1, -0.05) is 330 Å². The van der Waals surface area contributed by atoms with Crippen LogP contribution in [0.2, 0.25) is 0 Å². The van der Waals surface area contributed by atoms with E-state index in [2.05, 4.69) is 41.5 Å². The van der Waals surface area contributed by atoms with Crippen LogP contribution in [0.25, 0.3) is 0 Å². The monoisotopic (exact) mass is 1370 g/mol. The van der Waals surface area contributed by atoms with Gasteiger partial charge in [0.1, 0.15) is 19.3 Å². The van der Waals surface area contributed by atoms with Gasteiger partial charge in [-0.2, -0.15) is 0 Å². The van der Waals surface area contributed by atoms with Crippen LogP contribution in [0.15, 0.2) is 0 Å². The molecule has 0 aromatic heterocycles. The zero-order chi connectivity index (χ0) is 68.6. The van der Waals surface area contributed by atoms with Crippen LogP contribution in [-0.4, -0.2) is 96.7 Å². The maximum atomic E-state index is 13.1. The lowest BCUT2D eigenvalue weighted by atomic mass is 10.0. The van der Waals surface area contributed by atoms with Crippen molar-refractivity contribution in [2.45, 2.75) is 400 Å². The summed E-state index contributed by atoms with van der Waals surface area (Å²) in [5, 5.41) is 10.6. The number of carbonyl (C=O) groups excluding carboxylic acids is 4. The van der Waals surface area contributed by atoms with Crippen LogP contribution in [0.1, 0.15) is 382 Å². The quantitative estimate of drug-likeness (QED) is 0.0222. The summed E-state index contributed by atoms with van der Waals surface area (Å²) in [6.07, 6.45) is 53.0. The normalized spacial score (nSPS) is 14.1. The highest BCUT2D eigenvalue weighted by Crippen LogP contribution is 2.45. The molecule has 17 nitrogen and oxygen atoms in total. The fourth-order valence-electron chi connectivity index (χ4n) is 11.3. The van der Waals surface area contributed by atoms with E-state index in [-0.39, 0.29) is 25.7 Å². The number of carbonyl (C=O) groups is 4. The summed E-state index contributed by atoms with van der Waals surface area (Å²) in [7, 11) is -9.90. The molecule has 5 atom stereocenters. The molecular weight excluding hydrogens is 1220 g/mol.